The lowest BCUT2D eigenvalue weighted by Gasteiger charge is -2.04. The first-order chi connectivity index (χ1) is 8.61. The number of halogens is 1. The molecule has 0 aliphatic heterocycles. The average Bonchev–Trinajstić information content (AvgIpc) is 2.82. The summed E-state index contributed by atoms with van der Waals surface area (Å²) in [6.45, 7) is 4.21. The molecule has 1 unspecified atom stereocenters. The third-order valence-electron chi connectivity index (χ3n) is 2.44. The minimum absolute atomic E-state index is 0.0985. The van der Waals surface area contributed by atoms with E-state index in [9.17, 15) is 4.39 Å². The second-order valence-electron chi connectivity index (χ2n) is 3.79. The number of benzene rings is 1. The lowest BCUT2D eigenvalue weighted by atomic mass is 10.2. The number of hydrogen-bond donors (Lipinski definition) is 1. The average molecular weight is 251 g/mol. The number of rotatable bonds is 4. The number of aromatic nitrogens is 2. The Morgan fingerprint density at radius 3 is 3.00 bits per heavy atom. The number of nitrogens with zero attached hydrogens (tertiary/aromatic N) is 2. The molecule has 1 aromatic heterocycles. The largest absolute Gasteiger partial charge is 0.399 e. The number of nitrogen functional groups attached to an aromatic ring is 1. The van der Waals surface area contributed by atoms with Crippen LogP contribution in [0.5, 0.6) is 0 Å². The zero-order valence-electron chi connectivity index (χ0n) is 10.2. The van der Waals surface area contributed by atoms with Gasteiger partial charge in [0.05, 0.1) is 5.56 Å². The van der Waals surface area contributed by atoms with Crippen LogP contribution in [-0.4, -0.2) is 16.7 Å². The zero-order chi connectivity index (χ0) is 13.1. The predicted molar refractivity (Wildman–Crippen MR) is 64.1 cm³/mol. The van der Waals surface area contributed by atoms with E-state index in [0.717, 1.165) is 0 Å². The van der Waals surface area contributed by atoms with Gasteiger partial charge in [-0.2, -0.15) is 4.98 Å². The van der Waals surface area contributed by atoms with Gasteiger partial charge in [0.1, 0.15) is 11.9 Å². The van der Waals surface area contributed by atoms with Crippen molar-refractivity contribution in [3.8, 4) is 11.5 Å². The molecule has 2 aromatic rings. The Morgan fingerprint density at radius 1 is 1.50 bits per heavy atom. The summed E-state index contributed by atoms with van der Waals surface area (Å²) < 4.78 is 23.9. The maximum atomic E-state index is 13.6. The molecule has 0 saturated carbocycles. The summed E-state index contributed by atoms with van der Waals surface area (Å²) in [7, 11) is 0. The number of nitrogens with two attached hydrogens (primary N) is 1. The van der Waals surface area contributed by atoms with Crippen molar-refractivity contribution in [3.05, 3.63) is 29.8 Å². The van der Waals surface area contributed by atoms with Crippen LogP contribution in [0.1, 0.15) is 25.8 Å². The number of ether oxygens (including phenoxy) is 1. The molecule has 1 atom stereocenters. The molecule has 2 rings (SSSR count). The van der Waals surface area contributed by atoms with Crippen molar-refractivity contribution in [1.82, 2.24) is 10.1 Å². The van der Waals surface area contributed by atoms with Crippen LogP contribution in [0.3, 0.4) is 0 Å². The maximum Gasteiger partial charge on any atom is 0.261 e. The summed E-state index contributed by atoms with van der Waals surface area (Å²) >= 11 is 0. The summed E-state index contributed by atoms with van der Waals surface area (Å²) in [5, 5.41) is 3.76. The minimum atomic E-state index is -0.455. The van der Waals surface area contributed by atoms with Crippen LogP contribution in [0.2, 0.25) is 0 Å². The third-order valence-corrected chi connectivity index (χ3v) is 2.44. The van der Waals surface area contributed by atoms with Crippen molar-refractivity contribution < 1.29 is 13.7 Å². The van der Waals surface area contributed by atoms with Gasteiger partial charge in [0.15, 0.2) is 0 Å². The standard InChI is InChI=1S/C12H14FN3O2/c1-3-17-7(2)11-15-12(18-16-11)9-6-8(14)4-5-10(9)13/h4-7H,3,14H2,1-2H3. The predicted octanol–water partition coefficient (Wildman–Crippen LogP) is 2.56. The highest BCUT2D eigenvalue weighted by Gasteiger charge is 2.17. The molecular formula is C12H14FN3O2. The summed E-state index contributed by atoms with van der Waals surface area (Å²) in [4.78, 5) is 4.10. The Balaban J connectivity index is 2.32. The first-order valence-electron chi connectivity index (χ1n) is 5.62. The summed E-state index contributed by atoms with van der Waals surface area (Å²) in [6.07, 6.45) is -0.295. The first-order valence-corrected chi connectivity index (χ1v) is 5.62. The van der Waals surface area contributed by atoms with Crippen molar-refractivity contribution in [2.75, 3.05) is 12.3 Å². The van der Waals surface area contributed by atoms with Gasteiger partial charge < -0.3 is 15.0 Å². The van der Waals surface area contributed by atoms with Crippen LogP contribution >= 0.6 is 0 Å². The fraction of sp³-hybridized carbons (Fsp3) is 0.333. The van der Waals surface area contributed by atoms with Crippen molar-refractivity contribution in [3.63, 3.8) is 0 Å². The smallest absolute Gasteiger partial charge is 0.261 e. The van der Waals surface area contributed by atoms with Gasteiger partial charge in [-0.05, 0) is 32.0 Å². The van der Waals surface area contributed by atoms with Crippen molar-refractivity contribution >= 4 is 5.69 Å². The second kappa shape index (κ2) is 5.14. The van der Waals surface area contributed by atoms with Gasteiger partial charge in [-0.25, -0.2) is 4.39 Å². The quantitative estimate of drug-likeness (QED) is 0.845. The Kier molecular flexibility index (Phi) is 3.57. The summed E-state index contributed by atoms with van der Waals surface area (Å²) in [5.41, 5.74) is 6.22. The van der Waals surface area contributed by atoms with Crippen molar-refractivity contribution in [1.29, 1.82) is 0 Å². The van der Waals surface area contributed by atoms with E-state index in [1.807, 2.05) is 6.92 Å². The molecule has 0 saturated heterocycles. The fourth-order valence-corrected chi connectivity index (χ4v) is 1.54. The molecule has 1 aromatic carbocycles. The molecule has 6 heteroatoms. The van der Waals surface area contributed by atoms with Crippen molar-refractivity contribution in [2.24, 2.45) is 0 Å². The van der Waals surface area contributed by atoms with E-state index < -0.39 is 5.82 Å². The zero-order valence-corrected chi connectivity index (χ0v) is 10.2. The van der Waals surface area contributed by atoms with E-state index in [1.54, 1.807) is 6.92 Å². The second-order valence-corrected chi connectivity index (χ2v) is 3.79. The highest BCUT2D eigenvalue weighted by atomic mass is 19.1. The molecule has 0 bridgehead atoms. The lowest BCUT2D eigenvalue weighted by molar-refractivity contribution is 0.0683. The topological polar surface area (TPSA) is 74.2 Å². The van der Waals surface area contributed by atoms with E-state index in [-0.39, 0.29) is 17.6 Å². The van der Waals surface area contributed by atoms with Crippen LogP contribution in [0, 0.1) is 5.82 Å². The van der Waals surface area contributed by atoms with Gasteiger partial charge in [0.25, 0.3) is 5.89 Å². The van der Waals surface area contributed by atoms with Gasteiger partial charge >= 0.3 is 0 Å². The van der Waals surface area contributed by atoms with Crippen LogP contribution in [0.15, 0.2) is 22.7 Å². The minimum Gasteiger partial charge on any atom is -0.399 e. The molecular weight excluding hydrogens is 237 g/mol. The molecule has 18 heavy (non-hydrogen) atoms. The van der Waals surface area contributed by atoms with Gasteiger partial charge in [-0.3, -0.25) is 0 Å². The number of anilines is 1. The summed E-state index contributed by atoms with van der Waals surface area (Å²) in [6, 6.07) is 4.19. The lowest BCUT2D eigenvalue weighted by Crippen LogP contribution is -2.01. The Bertz CT molecular complexity index is 542. The SMILES string of the molecule is CCOC(C)c1noc(-c2cc(N)ccc2F)n1. The van der Waals surface area contributed by atoms with Gasteiger partial charge in [0.2, 0.25) is 5.82 Å². The van der Waals surface area contributed by atoms with Gasteiger partial charge in [-0.1, -0.05) is 5.16 Å². The molecule has 0 fully saturated rings. The van der Waals surface area contributed by atoms with Gasteiger partial charge in [-0.15, -0.1) is 0 Å². The molecule has 0 amide bonds. The van der Waals surface area contributed by atoms with E-state index in [2.05, 4.69) is 10.1 Å². The Labute approximate surface area is 104 Å². The molecule has 0 aliphatic rings. The van der Waals surface area contributed by atoms with Crippen molar-refractivity contribution in [2.45, 2.75) is 20.0 Å². The first kappa shape index (κ1) is 12.5. The molecule has 2 N–H and O–H groups in total. The molecule has 1 heterocycles. The van der Waals surface area contributed by atoms with Crippen LogP contribution < -0.4 is 5.73 Å². The molecule has 5 nitrogen and oxygen atoms in total. The number of hydrogen-bond acceptors (Lipinski definition) is 5. The van der Waals surface area contributed by atoms with Crippen LogP contribution in [0.25, 0.3) is 11.5 Å². The van der Waals surface area contributed by atoms with Crippen LogP contribution in [0.4, 0.5) is 10.1 Å². The molecule has 0 aliphatic carbocycles. The van der Waals surface area contributed by atoms with E-state index in [0.29, 0.717) is 18.1 Å². The molecule has 96 valence electrons. The highest BCUT2D eigenvalue weighted by Crippen LogP contribution is 2.25. The normalized spacial score (nSPS) is 12.6. The van der Waals surface area contributed by atoms with E-state index in [4.69, 9.17) is 15.0 Å². The maximum absolute atomic E-state index is 13.6. The molecule has 0 radical (unpaired) electrons. The van der Waals surface area contributed by atoms with Crippen LogP contribution in [-0.2, 0) is 4.74 Å². The van der Waals surface area contributed by atoms with E-state index >= 15 is 0 Å². The third kappa shape index (κ3) is 2.48. The van der Waals surface area contributed by atoms with E-state index in [1.165, 1.54) is 18.2 Å². The van der Waals surface area contributed by atoms with Gasteiger partial charge in [0, 0.05) is 12.3 Å². The highest BCUT2D eigenvalue weighted by molar-refractivity contribution is 5.60. The Morgan fingerprint density at radius 2 is 2.28 bits per heavy atom. The monoisotopic (exact) mass is 251 g/mol. The molecule has 0 spiro atoms. The Hall–Kier alpha value is -1.95. The fourth-order valence-electron chi connectivity index (χ4n) is 1.54. The summed E-state index contributed by atoms with van der Waals surface area (Å²) in [5.74, 6) is 0.0264.